The van der Waals surface area contributed by atoms with Gasteiger partial charge in [-0.3, -0.25) is 9.48 Å². The summed E-state index contributed by atoms with van der Waals surface area (Å²) in [5, 5.41) is 15.9. The van der Waals surface area contributed by atoms with Crippen molar-refractivity contribution >= 4 is 23.5 Å². The number of ether oxygens (including phenoxy) is 1. The highest BCUT2D eigenvalue weighted by Crippen LogP contribution is 2.13. The predicted molar refractivity (Wildman–Crippen MR) is 81.6 cm³/mol. The average Bonchev–Trinajstić information content (AvgIpc) is 2.94. The lowest BCUT2D eigenvalue weighted by molar-refractivity contribution is -0.310. The Morgan fingerprint density at radius 2 is 2.00 bits per heavy atom. The Morgan fingerprint density at radius 1 is 1.30 bits per heavy atom. The number of aliphatic carboxylic acids is 1. The van der Waals surface area contributed by atoms with Crippen LogP contribution in [0.5, 0.6) is 0 Å². The van der Waals surface area contributed by atoms with Crippen LogP contribution >= 0.6 is 11.6 Å². The van der Waals surface area contributed by atoms with Gasteiger partial charge < -0.3 is 14.6 Å². The molecular formula is C16H16ClN2O4-. The zero-order chi connectivity index (χ0) is 16.8. The number of carbonyl (C=O) groups excluding carboxylic acids is 2. The first-order valence-corrected chi connectivity index (χ1v) is 7.50. The number of aromatic nitrogens is 2. The van der Waals surface area contributed by atoms with Gasteiger partial charge in [-0.15, -0.1) is 0 Å². The van der Waals surface area contributed by atoms with Gasteiger partial charge >= 0.3 is 5.97 Å². The number of carboxylic acid groups (broad SMARTS) is 1. The van der Waals surface area contributed by atoms with Gasteiger partial charge in [0.05, 0.1) is 25.3 Å². The first kappa shape index (κ1) is 17.0. The third kappa shape index (κ3) is 4.82. The van der Waals surface area contributed by atoms with Gasteiger partial charge in [0.2, 0.25) is 0 Å². The van der Waals surface area contributed by atoms with Crippen molar-refractivity contribution < 1.29 is 19.4 Å². The summed E-state index contributed by atoms with van der Waals surface area (Å²) in [7, 11) is 0. The summed E-state index contributed by atoms with van der Waals surface area (Å²) in [4.78, 5) is 22.7. The molecule has 0 bridgehead atoms. The second kappa shape index (κ2) is 7.78. The van der Waals surface area contributed by atoms with E-state index in [9.17, 15) is 14.7 Å². The number of nitrogens with zero attached hydrogens (tertiary/aromatic N) is 2. The van der Waals surface area contributed by atoms with Crippen LogP contribution in [-0.4, -0.2) is 28.3 Å². The minimum absolute atomic E-state index is 0.0121. The van der Waals surface area contributed by atoms with Crippen molar-refractivity contribution in [2.75, 3.05) is 6.61 Å². The molecule has 6 nitrogen and oxygen atoms in total. The van der Waals surface area contributed by atoms with Crippen molar-refractivity contribution in [1.82, 2.24) is 9.78 Å². The second-order valence-corrected chi connectivity index (χ2v) is 5.44. The van der Waals surface area contributed by atoms with Crippen LogP contribution in [0.15, 0.2) is 36.7 Å². The number of benzene rings is 1. The minimum Gasteiger partial charge on any atom is -0.549 e. The van der Waals surface area contributed by atoms with E-state index < -0.39 is 17.9 Å². The summed E-state index contributed by atoms with van der Waals surface area (Å²) in [5.74, 6) is -3.57. The van der Waals surface area contributed by atoms with Crippen LogP contribution in [0.1, 0.15) is 18.1 Å². The molecule has 1 atom stereocenters. The molecule has 7 heteroatoms. The summed E-state index contributed by atoms with van der Waals surface area (Å²) >= 11 is 5.83. The largest absolute Gasteiger partial charge is 0.549 e. The molecule has 0 amide bonds. The van der Waals surface area contributed by atoms with Crippen LogP contribution in [0.3, 0.4) is 0 Å². The van der Waals surface area contributed by atoms with Crippen LogP contribution in [0.4, 0.5) is 0 Å². The van der Waals surface area contributed by atoms with Gasteiger partial charge in [0, 0.05) is 11.2 Å². The molecule has 2 aromatic rings. The van der Waals surface area contributed by atoms with Gasteiger partial charge in [-0.1, -0.05) is 23.7 Å². The molecule has 0 radical (unpaired) electrons. The molecule has 1 unspecified atom stereocenters. The highest BCUT2D eigenvalue weighted by atomic mass is 35.5. The van der Waals surface area contributed by atoms with E-state index in [0.717, 1.165) is 5.56 Å². The fourth-order valence-electron chi connectivity index (χ4n) is 2.12. The molecular weight excluding hydrogens is 320 g/mol. The summed E-state index contributed by atoms with van der Waals surface area (Å²) in [6.07, 6.45) is 3.22. The smallest absolute Gasteiger partial charge is 0.314 e. The molecule has 1 heterocycles. The Bertz CT molecular complexity index is 682. The topological polar surface area (TPSA) is 84.2 Å². The first-order chi connectivity index (χ1) is 11.0. The van der Waals surface area contributed by atoms with Crippen LogP contribution < -0.4 is 5.11 Å². The fourth-order valence-corrected chi connectivity index (χ4v) is 2.24. The van der Waals surface area contributed by atoms with E-state index >= 15 is 0 Å². The van der Waals surface area contributed by atoms with Gasteiger partial charge in [0.25, 0.3) is 0 Å². The average molecular weight is 336 g/mol. The minimum atomic E-state index is -1.45. The van der Waals surface area contributed by atoms with Gasteiger partial charge in [-0.25, -0.2) is 0 Å². The van der Waals surface area contributed by atoms with Crippen LogP contribution in [-0.2, 0) is 27.3 Å². The van der Waals surface area contributed by atoms with Gasteiger partial charge in [-0.2, -0.15) is 5.10 Å². The molecule has 0 aliphatic heterocycles. The van der Waals surface area contributed by atoms with Crippen molar-refractivity contribution in [3.63, 3.8) is 0 Å². The van der Waals surface area contributed by atoms with Crippen LogP contribution in [0.2, 0.25) is 5.02 Å². The Balaban J connectivity index is 2.04. The number of hydrogen-bond donors (Lipinski definition) is 0. The second-order valence-electron chi connectivity index (χ2n) is 5.00. The Hall–Kier alpha value is -2.34. The third-order valence-corrected chi connectivity index (χ3v) is 3.49. The van der Waals surface area contributed by atoms with Crippen molar-refractivity contribution in [2.24, 2.45) is 5.92 Å². The summed E-state index contributed by atoms with van der Waals surface area (Å²) in [6, 6.07) is 7.33. The van der Waals surface area contributed by atoms with E-state index in [1.165, 1.54) is 6.20 Å². The monoisotopic (exact) mass is 335 g/mol. The van der Waals surface area contributed by atoms with Crippen molar-refractivity contribution in [3.05, 3.63) is 52.8 Å². The summed E-state index contributed by atoms with van der Waals surface area (Å²) in [6.45, 7) is 2.26. The molecule has 122 valence electrons. The number of carbonyl (C=O) groups is 2. The maximum Gasteiger partial charge on any atom is 0.314 e. The molecule has 0 saturated heterocycles. The van der Waals surface area contributed by atoms with Crippen LogP contribution in [0.25, 0.3) is 0 Å². The molecule has 1 aromatic heterocycles. The summed E-state index contributed by atoms with van der Waals surface area (Å²) < 4.78 is 6.41. The van der Waals surface area contributed by atoms with E-state index in [1.807, 2.05) is 12.1 Å². The number of carboxylic acids is 1. The molecule has 0 aliphatic carbocycles. The predicted octanol–water partition coefficient (Wildman–Crippen LogP) is 1.06. The highest BCUT2D eigenvalue weighted by molar-refractivity contribution is 6.30. The van der Waals surface area contributed by atoms with Gasteiger partial charge in [0.1, 0.15) is 5.92 Å². The molecule has 0 fully saturated rings. The summed E-state index contributed by atoms with van der Waals surface area (Å²) in [5.41, 5.74) is 1.63. The molecule has 2 rings (SSSR count). The number of hydrogen-bond acceptors (Lipinski definition) is 5. The number of rotatable bonds is 7. The molecule has 0 spiro atoms. The van der Waals surface area contributed by atoms with E-state index in [4.69, 9.17) is 16.3 Å². The maximum absolute atomic E-state index is 11.6. The SMILES string of the molecule is CCOC(=O)C(Cc1cnn(Cc2ccc(Cl)cc2)c1)C(=O)[O-]. The lowest BCUT2D eigenvalue weighted by atomic mass is 10.0. The van der Waals surface area contributed by atoms with Crippen molar-refractivity contribution in [1.29, 1.82) is 0 Å². The Kier molecular flexibility index (Phi) is 5.76. The normalized spacial score (nSPS) is 11.9. The number of halogens is 1. The van der Waals surface area contributed by atoms with E-state index in [-0.39, 0.29) is 13.0 Å². The van der Waals surface area contributed by atoms with Crippen LogP contribution in [0, 0.1) is 5.92 Å². The molecule has 0 aliphatic rings. The lowest BCUT2D eigenvalue weighted by Gasteiger charge is -2.15. The maximum atomic E-state index is 11.6. The van der Waals surface area contributed by atoms with Gasteiger partial charge in [-0.05, 0) is 36.6 Å². The fraction of sp³-hybridized carbons (Fsp3) is 0.312. The van der Waals surface area contributed by atoms with Crippen molar-refractivity contribution in [3.8, 4) is 0 Å². The lowest BCUT2D eigenvalue weighted by Crippen LogP contribution is -2.38. The third-order valence-electron chi connectivity index (χ3n) is 3.24. The van der Waals surface area contributed by atoms with Crippen molar-refractivity contribution in [2.45, 2.75) is 19.9 Å². The Morgan fingerprint density at radius 3 is 2.61 bits per heavy atom. The van der Waals surface area contributed by atoms with Gasteiger partial charge in [0.15, 0.2) is 0 Å². The zero-order valence-corrected chi connectivity index (χ0v) is 13.3. The molecule has 23 heavy (non-hydrogen) atoms. The highest BCUT2D eigenvalue weighted by Gasteiger charge is 2.22. The molecule has 0 saturated carbocycles. The van der Waals surface area contributed by atoms with E-state index in [1.54, 1.807) is 29.9 Å². The first-order valence-electron chi connectivity index (χ1n) is 7.13. The molecule has 0 N–H and O–H groups in total. The molecule has 1 aromatic carbocycles. The van der Waals surface area contributed by atoms with E-state index in [2.05, 4.69) is 5.10 Å². The van der Waals surface area contributed by atoms with E-state index in [0.29, 0.717) is 17.1 Å². The quantitative estimate of drug-likeness (QED) is 0.558. The zero-order valence-electron chi connectivity index (χ0n) is 12.6. The number of esters is 1. The Labute approximate surface area is 138 Å². The standard InChI is InChI=1S/C16H17ClN2O4/c1-2-23-16(22)14(15(20)21)7-12-8-18-19(10-12)9-11-3-5-13(17)6-4-11/h3-6,8,10,14H,2,7,9H2,1H3,(H,20,21)/p-1.